The summed E-state index contributed by atoms with van der Waals surface area (Å²) in [5.74, 6) is 1.23. The van der Waals surface area contributed by atoms with Crippen molar-refractivity contribution in [3.63, 3.8) is 0 Å². The summed E-state index contributed by atoms with van der Waals surface area (Å²) in [6, 6.07) is 4.12. The molecule has 0 spiro atoms. The van der Waals surface area contributed by atoms with Crippen molar-refractivity contribution in [2.75, 3.05) is 0 Å². The van der Waals surface area contributed by atoms with Crippen molar-refractivity contribution in [2.24, 2.45) is 5.92 Å². The van der Waals surface area contributed by atoms with Gasteiger partial charge in [0.25, 0.3) is 0 Å². The average Bonchev–Trinajstić information content (AvgIpc) is 2.62. The van der Waals surface area contributed by atoms with E-state index >= 15 is 0 Å². The molecule has 3 atom stereocenters. The van der Waals surface area contributed by atoms with Gasteiger partial charge in [0.15, 0.2) is 0 Å². The van der Waals surface area contributed by atoms with E-state index in [-0.39, 0.29) is 0 Å². The van der Waals surface area contributed by atoms with Crippen LogP contribution in [-0.2, 0) is 0 Å². The maximum Gasteiger partial charge on any atom is 0.0931 e. The fourth-order valence-corrected chi connectivity index (χ4v) is 3.66. The van der Waals surface area contributed by atoms with Crippen molar-refractivity contribution in [1.29, 1.82) is 0 Å². The number of rotatable bonds is 1. The van der Waals surface area contributed by atoms with Gasteiger partial charge in [-0.3, -0.25) is 0 Å². The van der Waals surface area contributed by atoms with E-state index in [4.69, 9.17) is 23.2 Å². The Labute approximate surface area is 92.9 Å². The minimum absolute atomic E-state index is 0.353. The predicted octanol–water partition coefficient (Wildman–Crippen LogP) is 4.52. The third-order valence-electron chi connectivity index (χ3n) is 2.92. The molecule has 1 aromatic heterocycles. The second-order valence-electron chi connectivity index (χ2n) is 3.70. The Hall–Kier alpha value is 0.280. The van der Waals surface area contributed by atoms with Crippen LogP contribution < -0.4 is 0 Å². The lowest BCUT2D eigenvalue weighted by molar-refractivity contribution is 0.545. The molecule has 1 heterocycles. The fraction of sp³-hybridized carbons (Fsp3) is 0.600. The summed E-state index contributed by atoms with van der Waals surface area (Å²) in [5, 5.41) is 0.353. The number of halogens is 2. The Balaban J connectivity index is 2.18. The molecule has 0 aromatic carbocycles. The van der Waals surface area contributed by atoms with Crippen LogP contribution in [0.25, 0.3) is 0 Å². The van der Waals surface area contributed by atoms with E-state index in [9.17, 15) is 0 Å². The normalized spacial score (nSPS) is 33.9. The Bertz CT molecular complexity index is 295. The Morgan fingerprint density at radius 3 is 2.62 bits per heavy atom. The molecule has 0 radical (unpaired) electrons. The molecule has 0 amide bonds. The number of thiophene rings is 1. The van der Waals surface area contributed by atoms with Crippen molar-refractivity contribution >= 4 is 34.5 Å². The zero-order valence-corrected chi connectivity index (χ0v) is 9.79. The van der Waals surface area contributed by atoms with E-state index in [1.807, 2.05) is 6.07 Å². The highest BCUT2D eigenvalue weighted by molar-refractivity contribution is 7.16. The van der Waals surface area contributed by atoms with Crippen molar-refractivity contribution in [1.82, 2.24) is 0 Å². The molecule has 0 bridgehead atoms. The van der Waals surface area contributed by atoms with E-state index in [1.165, 1.54) is 11.3 Å². The molecule has 1 aliphatic rings. The van der Waals surface area contributed by atoms with Gasteiger partial charge in [-0.25, -0.2) is 0 Å². The minimum atomic E-state index is 0.353. The van der Waals surface area contributed by atoms with E-state index < -0.39 is 0 Å². The van der Waals surface area contributed by atoms with Crippen molar-refractivity contribution < 1.29 is 0 Å². The molecule has 0 saturated heterocycles. The van der Waals surface area contributed by atoms with Gasteiger partial charge in [0.2, 0.25) is 0 Å². The summed E-state index contributed by atoms with van der Waals surface area (Å²) in [5.41, 5.74) is 0. The Kier molecular flexibility index (Phi) is 2.87. The summed E-state index contributed by atoms with van der Waals surface area (Å²) in [6.45, 7) is 2.24. The van der Waals surface area contributed by atoms with E-state index in [0.29, 0.717) is 17.2 Å². The van der Waals surface area contributed by atoms with Crippen LogP contribution in [0.4, 0.5) is 0 Å². The molecule has 0 aliphatic heterocycles. The molecule has 1 aromatic rings. The number of hydrogen-bond donors (Lipinski definition) is 0. The highest BCUT2D eigenvalue weighted by Gasteiger charge is 2.33. The molecule has 72 valence electrons. The highest BCUT2D eigenvalue weighted by atomic mass is 35.5. The van der Waals surface area contributed by atoms with E-state index in [1.54, 1.807) is 11.3 Å². The molecule has 0 nitrogen and oxygen atoms in total. The monoisotopic (exact) mass is 234 g/mol. The zero-order valence-electron chi connectivity index (χ0n) is 7.47. The average molecular weight is 235 g/mol. The lowest BCUT2D eigenvalue weighted by Crippen LogP contribution is -2.08. The molecule has 1 saturated carbocycles. The van der Waals surface area contributed by atoms with Crippen LogP contribution in [0.2, 0.25) is 4.34 Å². The SMILES string of the molecule is CC1C(Cl)CCC1c1ccc(Cl)s1. The van der Waals surface area contributed by atoms with Gasteiger partial charge in [-0.2, -0.15) is 0 Å². The third kappa shape index (κ3) is 1.88. The van der Waals surface area contributed by atoms with Gasteiger partial charge in [-0.1, -0.05) is 18.5 Å². The third-order valence-corrected chi connectivity index (χ3v) is 4.90. The first kappa shape index (κ1) is 9.82. The molecular weight excluding hydrogens is 223 g/mol. The number of hydrogen-bond acceptors (Lipinski definition) is 1. The van der Waals surface area contributed by atoms with Gasteiger partial charge in [-0.05, 0) is 36.8 Å². The second-order valence-corrected chi connectivity index (χ2v) is 6.01. The van der Waals surface area contributed by atoms with Crippen LogP contribution in [0.3, 0.4) is 0 Å². The zero-order chi connectivity index (χ0) is 9.42. The van der Waals surface area contributed by atoms with Crippen molar-refractivity contribution in [3.05, 3.63) is 21.3 Å². The first-order valence-corrected chi connectivity index (χ1v) is 6.21. The van der Waals surface area contributed by atoms with Crippen LogP contribution in [0.1, 0.15) is 30.6 Å². The Morgan fingerprint density at radius 2 is 2.15 bits per heavy atom. The summed E-state index contributed by atoms with van der Waals surface area (Å²) in [7, 11) is 0. The van der Waals surface area contributed by atoms with Gasteiger partial charge in [-0.15, -0.1) is 22.9 Å². The summed E-state index contributed by atoms with van der Waals surface area (Å²) in [6.07, 6.45) is 2.36. The lowest BCUT2D eigenvalue weighted by Gasteiger charge is -2.14. The largest absolute Gasteiger partial charge is 0.128 e. The van der Waals surface area contributed by atoms with E-state index in [2.05, 4.69) is 13.0 Å². The molecule has 0 N–H and O–H groups in total. The van der Waals surface area contributed by atoms with Gasteiger partial charge in [0.05, 0.1) is 4.34 Å². The fourth-order valence-electron chi connectivity index (χ4n) is 2.05. The summed E-state index contributed by atoms with van der Waals surface area (Å²) < 4.78 is 0.889. The maximum absolute atomic E-state index is 6.19. The van der Waals surface area contributed by atoms with E-state index in [0.717, 1.165) is 10.8 Å². The first-order chi connectivity index (χ1) is 6.18. The maximum atomic E-state index is 6.19. The molecule has 3 heteroatoms. The van der Waals surface area contributed by atoms with Crippen LogP contribution in [-0.4, -0.2) is 5.38 Å². The lowest BCUT2D eigenvalue weighted by atomic mass is 9.96. The van der Waals surface area contributed by atoms with Crippen LogP contribution in [0.15, 0.2) is 12.1 Å². The minimum Gasteiger partial charge on any atom is -0.128 e. The van der Waals surface area contributed by atoms with Crippen LogP contribution in [0, 0.1) is 5.92 Å². The molecule has 1 fully saturated rings. The molecule has 3 unspecified atom stereocenters. The van der Waals surface area contributed by atoms with Crippen LogP contribution >= 0.6 is 34.5 Å². The molecule has 1 aliphatic carbocycles. The van der Waals surface area contributed by atoms with Crippen molar-refractivity contribution in [3.8, 4) is 0 Å². The molecule has 2 rings (SSSR count). The van der Waals surface area contributed by atoms with Crippen LogP contribution in [0.5, 0.6) is 0 Å². The number of alkyl halides is 1. The second kappa shape index (κ2) is 3.80. The molecular formula is C10H12Cl2S. The quantitative estimate of drug-likeness (QED) is 0.627. The first-order valence-electron chi connectivity index (χ1n) is 4.58. The smallest absolute Gasteiger partial charge is 0.0931 e. The topological polar surface area (TPSA) is 0 Å². The highest BCUT2D eigenvalue weighted by Crippen LogP contribution is 2.44. The van der Waals surface area contributed by atoms with Gasteiger partial charge in [0, 0.05) is 10.3 Å². The summed E-state index contributed by atoms with van der Waals surface area (Å²) >= 11 is 13.8. The summed E-state index contributed by atoms with van der Waals surface area (Å²) in [4.78, 5) is 1.40. The standard InChI is InChI=1S/C10H12Cl2S/c1-6-7(2-3-8(6)11)9-4-5-10(12)13-9/h4-8H,2-3H2,1H3. The van der Waals surface area contributed by atoms with Crippen molar-refractivity contribution in [2.45, 2.75) is 31.1 Å². The molecule has 13 heavy (non-hydrogen) atoms. The van der Waals surface area contributed by atoms with Gasteiger partial charge in [0.1, 0.15) is 0 Å². The van der Waals surface area contributed by atoms with Gasteiger partial charge < -0.3 is 0 Å². The van der Waals surface area contributed by atoms with Gasteiger partial charge >= 0.3 is 0 Å². The predicted molar refractivity (Wildman–Crippen MR) is 60.1 cm³/mol. The Morgan fingerprint density at radius 1 is 1.38 bits per heavy atom.